The molecule has 0 amide bonds. The predicted octanol–water partition coefficient (Wildman–Crippen LogP) is -0.501. The van der Waals surface area contributed by atoms with E-state index in [9.17, 15) is 0 Å². The number of aliphatic carboxylic acids is 1. The average molecular weight is 196 g/mol. The summed E-state index contributed by atoms with van der Waals surface area (Å²) in [6.07, 6.45) is 2.39. The van der Waals surface area contributed by atoms with Crippen LogP contribution in [0, 0.1) is 0 Å². The van der Waals surface area contributed by atoms with Crippen LogP contribution in [0.5, 0.6) is 0 Å². The Labute approximate surface area is 72.5 Å². The van der Waals surface area contributed by atoms with Gasteiger partial charge in [0.2, 0.25) is 0 Å². The Morgan fingerprint density at radius 2 is 1.90 bits per heavy atom. The summed E-state index contributed by atoms with van der Waals surface area (Å²) in [7, 11) is 0. The minimum atomic E-state index is -1.08. The second-order valence-corrected chi connectivity index (χ2v) is 1.63. The molecule has 66 valence electrons. The maximum atomic E-state index is 8.89. The molecule has 0 aromatic heterocycles. The third-order valence-corrected chi connectivity index (χ3v) is 0.558. The van der Waals surface area contributed by atoms with Crippen LogP contribution in [0.25, 0.3) is 0 Å². The molecule has 3 nitrogen and oxygen atoms in total. The third-order valence-electron chi connectivity index (χ3n) is 0.558. The fourth-order valence-corrected chi connectivity index (χ4v) is 0.204. The first-order valence-corrected chi connectivity index (χ1v) is 3.02. The summed E-state index contributed by atoms with van der Waals surface area (Å²) in [6.45, 7) is 3.95. The largest absolute Gasteiger partial charge is 1.00 e. The summed E-state index contributed by atoms with van der Waals surface area (Å²) >= 11 is 0. The number of hydrogen-bond acceptors (Lipinski definition) is 3. The molecule has 0 atom stereocenters. The minimum Gasteiger partial charge on any atom is -0.550 e. The topological polar surface area (TPSA) is 66.1 Å². The minimum absolute atomic E-state index is 0. The van der Waals surface area contributed by atoms with Crippen LogP contribution in [-0.2, 0) is 21.9 Å². The predicted molar refractivity (Wildman–Crippen MR) is 34.6 cm³/mol. The number of unbranched alkanes of at least 4 members (excludes halogenated alkanes) is 1. The van der Waals surface area contributed by atoms with Gasteiger partial charge in [0.05, 0.1) is 0 Å². The van der Waals surface area contributed by atoms with E-state index in [4.69, 9.17) is 15.6 Å². The number of nitrogens with two attached hydrogens (primary N) is 1. The van der Waals surface area contributed by atoms with Crippen molar-refractivity contribution < 1.29 is 27.0 Å². The van der Waals surface area contributed by atoms with Gasteiger partial charge >= 0.3 is 17.1 Å². The molecule has 0 aliphatic heterocycles. The summed E-state index contributed by atoms with van der Waals surface area (Å²) in [5, 5.41) is 8.89. The van der Waals surface area contributed by atoms with E-state index in [1.165, 1.54) is 12.8 Å². The van der Waals surface area contributed by atoms with E-state index >= 15 is 0 Å². The normalized spacial score (nSPS) is 6.70. The van der Waals surface area contributed by atoms with Crippen LogP contribution >= 0.6 is 0 Å². The van der Waals surface area contributed by atoms with Crippen molar-refractivity contribution in [3.05, 3.63) is 0 Å². The van der Waals surface area contributed by atoms with Crippen LogP contribution < -0.4 is 10.8 Å². The van der Waals surface area contributed by atoms with E-state index in [1.54, 1.807) is 0 Å². The third kappa shape index (κ3) is 101. The molecule has 0 unspecified atom stereocenters. The Morgan fingerprint density at radius 3 is 1.90 bits per heavy atom. The molecule has 0 aromatic carbocycles. The molecule has 0 radical (unpaired) electrons. The zero-order valence-electron chi connectivity index (χ0n) is 6.32. The number of carboxylic acids is 1. The molecule has 0 heterocycles. The van der Waals surface area contributed by atoms with Crippen LogP contribution in [-0.4, -0.2) is 12.5 Å². The number of hydrogen-bond donors (Lipinski definition) is 1. The van der Waals surface area contributed by atoms with Crippen molar-refractivity contribution in [2.24, 2.45) is 5.73 Å². The van der Waals surface area contributed by atoms with E-state index in [0.717, 1.165) is 13.5 Å². The van der Waals surface area contributed by atoms with E-state index < -0.39 is 5.97 Å². The Balaban J connectivity index is -0.0000000910. The summed E-state index contributed by atoms with van der Waals surface area (Å²) in [6, 6.07) is 0. The molecular weight excluding hydrogens is 182 g/mol. The first-order valence-electron chi connectivity index (χ1n) is 3.02. The van der Waals surface area contributed by atoms with Crippen molar-refractivity contribution in [2.75, 3.05) is 6.54 Å². The second-order valence-electron chi connectivity index (χ2n) is 1.63. The van der Waals surface area contributed by atoms with Gasteiger partial charge in [-0.2, -0.15) is 0 Å². The van der Waals surface area contributed by atoms with Gasteiger partial charge in [-0.25, -0.2) is 0 Å². The fourth-order valence-electron chi connectivity index (χ4n) is 0.204. The van der Waals surface area contributed by atoms with Crippen molar-refractivity contribution >= 4 is 5.97 Å². The van der Waals surface area contributed by atoms with E-state index in [1.807, 2.05) is 0 Å². The van der Waals surface area contributed by atoms with Gasteiger partial charge in [0.15, 0.2) is 0 Å². The first kappa shape index (κ1) is 16.5. The molecule has 4 heteroatoms. The van der Waals surface area contributed by atoms with Gasteiger partial charge in [0.25, 0.3) is 0 Å². The van der Waals surface area contributed by atoms with Gasteiger partial charge in [-0.1, -0.05) is 13.3 Å². The van der Waals surface area contributed by atoms with Crippen molar-refractivity contribution in [3.8, 4) is 0 Å². The number of carbonyl (C=O) groups excluding carboxylic acids is 1. The van der Waals surface area contributed by atoms with E-state index in [-0.39, 0.29) is 17.1 Å². The van der Waals surface area contributed by atoms with Gasteiger partial charge in [-0.15, -0.1) is 0 Å². The van der Waals surface area contributed by atoms with Gasteiger partial charge < -0.3 is 15.6 Å². The van der Waals surface area contributed by atoms with Gasteiger partial charge in [-0.05, 0) is 19.9 Å². The molecule has 0 aromatic rings. The molecule has 10 heavy (non-hydrogen) atoms. The summed E-state index contributed by atoms with van der Waals surface area (Å²) < 4.78 is 0. The van der Waals surface area contributed by atoms with Gasteiger partial charge in [0.1, 0.15) is 0 Å². The van der Waals surface area contributed by atoms with Crippen LogP contribution in [0.2, 0.25) is 0 Å². The first-order chi connectivity index (χ1) is 4.15. The molecule has 2 N–H and O–H groups in total. The zero-order valence-corrected chi connectivity index (χ0v) is 7.26. The maximum absolute atomic E-state index is 8.89. The molecule has 0 saturated carbocycles. The molecule has 0 aliphatic carbocycles. The Bertz CT molecular complexity index is 62.8. The monoisotopic (exact) mass is 195 g/mol. The number of carboxylic acid groups (broad SMARTS) is 1. The smallest absolute Gasteiger partial charge is 0.550 e. The van der Waals surface area contributed by atoms with Gasteiger partial charge in [0, 0.05) is 5.97 Å². The molecule has 0 spiro atoms. The molecule has 0 fully saturated rings. The SMILES string of the molecule is CC(=O)[O-].CCCCN.[Cu+]. The second kappa shape index (κ2) is 16.0. The summed E-state index contributed by atoms with van der Waals surface area (Å²) in [5.41, 5.74) is 5.14. The molecule has 0 saturated heterocycles. The number of rotatable bonds is 2. The maximum Gasteiger partial charge on any atom is 1.00 e. The fraction of sp³-hybridized carbons (Fsp3) is 0.833. The van der Waals surface area contributed by atoms with Crippen molar-refractivity contribution in [2.45, 2.75) is 26.7 Å². The molecular formula is C6H14CuNO2. The van der Waals surface area contributed by atoms with Crippen LogP contribution in [0.4, 0.5) is 0 Å². The molecule has 0 bridgehead atoms. The standard InChI is InChI=1S/C4H11N.C2H4O2.Cu/c1-2-3-4-5;1-2(3)4;/h2-5H2,1H3;1H3,(H,3,4);/q;;+1/p-1. The number of carbonyl (C=O) groups is 1. The van der Waals surface area contributed by atoms with Gasteiger partial charge in [-0.3, -0.25) is 0 Å². The Morgan fingerprint density at radius 1 is 1.60 bits per heavy atom. The Hall–Kier alpha value is -0.0505. The van der Waals surface area contributed by atoms with Crippen molar-refractivity contribution in [1.29, 1.82) is 0 Å². The average Bonchev–Trinajstić information content (AvgIpc) is 1.66. The van der Waals surface area contributed by atoms with E-state index in [2.05, 4.69) is 6.92 Å². The van der Waals surface area contributed by atoms with E-state index in [0.29, 0.717) is 0 Å². The Kier molecular flexibility index (Phi) is 26.4. The summed E-state index contributed by atoms with van der Waals surface area (Å²) in [4.78, 5) is 8.89. The molecule has 0 aliphatic rings. The zero-order chi connectivity index (χ0) is 7.70. The molecule has 0 rings (SSSR count). The van der Waals surface area contributed by atoms with Crippen molar-refractivity contribution in [3.63, 3.8) is 0 Å². The van der Waals surface area contributed by atoms with Crippen LogP contribution in [0.15, 0.2) is 0 Å². The van der Waals surface area contributed by atoms with Crippen LogP contribution in [0.1, 0.15) is 26.7 Å². The summed E-state index contributed by atoms with van der Waals surface area (Å²) in [5.74, 6) is -1.08. The van der Waals surface area contributed by atoms with Crippen LogP contribution in [0.3, 0.4) is 0 Å². The van der Waals surface area contributed by atoms with Crippen molar-refractivity contribution in [1.82, 2.24) is 0 Å². The quantitative estimate of drug-likeness (QED) is 0.605.